The number of morpholine rings is 1. The van der Waals surface area contributed by atoms with E-state index in [4.69, 9.17) is 10.5 Å². The van der Waals surface area contributed by atoms with Gasteiger partial charge in [-0.1, -0.05) is 0 Å². The number of likely N-dealkylation sites (N-methyl/N-ethyl adjacent to an activating group) is 1. The van der Waals surface area contributed by atoms with Crippen molar-refractivity contribution < 1.29 is 23.1 Å². The molecular weight excluding hydrogens is 476 g/mol. The Kier molecular flexibility index (Phi) is 7.01. The number of nitrogens with one attached hydrogen (secondary N) is 2. The van der Waals surface area contributed by atoms with Crippen molar-refractivity contribution in [2.45, 2.75) is 24.3 Å². The van der Waals surface area contributed by atoms with Crippen LogP contribution in [0.1, 0.15) is 10.4 Å². The molecule has 5 heterocycles. The van der Waals surface area contributed by atoms with Crippen molar-refractivity contribution in [3.05, 3.63) is 23.8 Å². The fourth-order valence-corrected chi connectivity index (χ4v) is 5.28. The van der Waals surface area contributed by atoms with Gasteiger partial charge in [0.1, 0.15) is 17.8 Å². The number of nitrogen functional groups attached to an aromatic ring is 1. The predicted octanol–water partition coefficient (Wildman–Crippen LogP) is -1.67. The molecule has 0 radical (unpaired) electrons. The number of amides is 2. The third-order valence-corrected chi connectivity index (χ3v) is 7.23. The lowest BCUT2D eigenvalue weighted by atomic mass is 9.96. The number of nitrogens with zero attached hydrogens (tertiary/aromatic N) is 6. The van der Waals surface area contributed by atoms with Crippen LogP contribution in [-0.2, 0) is 9.53 Å². The quantitative estimate of drug-likeness (QED) is 0.444. The number of hydrogen-bond donors (Lipinski definition) is 3. The smallest absolute Gasteiger partial charge is 0.259 e. The normalized spacial score (nSPS) is 28.4. The van der Waals surface area contributed by atoms with Gasteiger partial charge in [-0.05, 0) is 7.05 Å². The standard InChI is InChI=1S/C22H31F2N9O3/c1-30-6-7-36-12-16(30)22(35)32-4-2-31(3-5-32)18-14(24)9-26-10-15(18)28-21(34)17-19(25)29-33-11-13(23)8-27-20(17)33/h8,11,14-16,18,26H,2-7,9-10,12H2,1H3,(H2,25,29)(H,28,34). The molecule has 14 heteroatoms. The molecule has 0 saturated carbocycles. The Labute approximate surface area is 206 Å². The zero-order valence-electron chi connectivity index (χ0n) is 20.1. The molecule has 0 bridgehead atoms. The van der Waals surface area contributed by atoms with Crippen LogP contribution in [0.2, 0.25) is 0 Å². The number of nitrogens with two attached hydrogens (primary N) is 1. The molecule has 4 N–H and O–H groups in total. The van der Waals surface area contributed by atoms with Gasteiger partial charge < -0.3 is 26.0 Å². The van der Waals surface area contributed by atoms with E-state index in [-0.39, 0.29) is 35.5 Å². The maximum Gasteiger partial charge on any atom is 0.259 e. The summed E-state index contributed by atoms with van der Waals surface area (Å²) < 4.78 is 35.3. The summed E-state index contributed by atoms with van der Waals surface area (Å²) in [5.41, 5.74) is 6.06. The third kappa shape index (κ3) is 4.73. The highest BCUT2D eigenvalue weighted by Gasteiger charge is 2.41. The van der Waals surface area contributed by atoms with E-state index in [0.717, 1.165) is 16.9 Å². The highest BCUT2D eigenvalue weighted by Crippen LogP contribution is 2.22. The van der Waals surface area contributed by atoms with Crippen LogP contribution in [0.15, 0.2) is 12.4 Å². The molecule has 5 rings (SSSR count). The highest BCUT2D eigenvalue weighted by atomic mass is 19.1. The Morgan fingerprint density at radius 1 is 1.22 bits per heavy atom. The van der Waals surface area contributed by atoms with E-state index in [0.29, 0.717) is 52.5 Å². The number of piperidine rings is 1. The van der Waals surface area contributed by atoms with E-state index in [1.54, 1.807) is 4.90 Å². The molecule has 0 aliphatic carbocycles. The number of halogens is 2. The summed E-state index contributed by atoms with van der Waals surface area (Å²) in [6.07, 6.45) is 0.835. The molecule has 3 saturated heterocycles. The van der Waals surface area contributed by atoms with Crippen LogP contribution in [0, 0.1) is 5.82 Å². The first kappa shape index (κ1) is 24.7. The Morgan fingerprint density at radius 2 is 2.00 bits per heavy atom. The third-order valence-electron chi connectivity index (χ3n) is 7.23. The lowest BCUT2D eigenvalue weighted by Gasteiger charge is -2.46. The summed E-state index contributed by atoms with van der Waals surface area (Å²) >= 11 is 0. The number of rotatable bonds is 4. The first-order chi connectivity index (χ1) is 17.3. The number of hydrogen-bond acceptors (Lipinski definition) is 9. The summed E-state index contributed by atoms with van der Waals surface area (Å²) in [5, 5.41) is 9.87. The van der Waals surface area contributed by atoms with Crippen LogP contribution >= 0.6 is 0 Å². The van der Waals surface area contributed by atoms with Crippen molar-refractivity contribution in [2.24, 2.45) is 0 Å². The Bertz CT molecular complexity index is 1120. The second-order valence-corrected chi connectivity index (χ2v) is 9.48. The van der Waals surface area contributed by atoms with Gasteiger partial charge in [-0.3, -0.25) is 19.4 Å². The SMILES string of the molecule is CN1CCOCC1C(=O)N1CCN(C2C(F)CNCC2NC(=O)c2c(N)nn3cc(F)cnc23)CC1. The van der Waals surface area contributed by atoms with E-state index in [1.807, 2.05) is 16.8 Å². The first-order valence-electron chi connectivity index (χ1n) is 12.1. The summed E-state index contributed by atoms with van der Waals surface area (Å²) in [4.78, 5) is 35.9. The second-order valence-electron chi connectivity index (χ2n) is 9.48. The average Bonchev–Trinajstić information content (AvgIpc) is 3.19. The molecule has 3 aliphatic rings. The molecule has 0 spiro atoms. The molecule has 2 aromatic rings. The number of alkyl halides is 1. The number of fused-ring (bicyclic) bond motifs is 1. The molecule has 4 atom stereocenters. The molecular formula is C22H31F2N9O3. The zero-order chi connectivity index (χ0) is 25.4. The maximum absolute atomic E-state index is 15.2. The lowest BCUT2D eigenvalue weighted by Crippen LogP contribution is -2.67. The lowest BCUT2D eigenvalue weighted by molar-refractivity contribution is -0.144. The summed E-state index contributed by atoms with van der Waals surface area (Å²) in [6.45, 7) is 4.13. The van der Waals surface area contributed by atoms with Gasteiger partial charge in [0.15, 0.2) is 17.3 Å². The fourth-order valence-electron chi connectivity index (χ4n) is 5.28. The molecule has 4 unspecified atom stereocenters. The molecule has 36 heavy (non-hydrogen) atoms. The number of carbonyl (C=O) groups is 2. The number of piperazine rings is 1. The number of aromatic nitrogens is 3. The molecule has 0 aromatic carbocycles. The van der Waals surface area contributed by atoms with Crippen molar-refractivity contribution in [3.63, 3.8) is 0 Å². The number of ether oxygens (including phenoxy) is 1. The number of anilines is 1. The van der Waals surface area contributed by atoms with Gasteiger partial charge in [0.05, 0.1) is 37.7 Å². The summed E-state index contributed by atoms with van der Waals surface area (Å²) in [7, 11) is 1.92. The monoisotopic (exact) mass is 507 g/mol. The zero-order valence-corrected chi connectivity index (χ0v) is 20.1. The van der Waals surface area contributed by atoms with Gasteiger partial charge in [0.2, 0.25) is 5.91 Å². The van der Waals surface area contributed by atoms with Crippen LogP contribution in [0.4, 0.5) is 14.6 Å². The van der Waals surface area contributed by atoms with E-state index in [2.05, 4.69) is 20.7 Å². The van der Waals surface area contributed by atoms with Gasteiger partial charge in [-0.2, -0.15) is 0 Å². The fraction of sp³-hybridized carbons (Fsp3) is 0.636. The van der Waals surface area contributed by atoms with Gasteiger partial charge in [-0.25, -0.2) is 18.3 Å². The molecule has 2 amide bonds. The van der Waals surface area contributed by atoms with Gasteiger partial charge >= 0.3 is 0 Å². The van der Waals surface area contributed by atoms with Crippen LogP contribution in [0.5, 0.6) is 0 Å². The van der Waals surface area contributed by atoms with Crippen LogP contribution < -0.4 is 16.4 Å². The molecule has 2 aromatic heterocycles. The Balaban J connectivity index is 1.26. The van der Waals surface area contributed by atoms with Crippen molar-refractivity contribution in [1.82, 2.24) is 39.9 Å². The van der Waals surface area contributed by atoms with E-state index in [9.17, 15) is 14.0 Å². The minimum absolute atomic E-state index is 0.0176. The van der Waals surface area contributed by atoms with Crippen molar-refractivity contribution in [3.8, 4) is 0 Å². The Hall–Kier alpha value is -2.94. The molecule has 196 valence electrons. The van der Waals surface area contributed by atoms with Gasteiger partial charge in [0.25, 0.3) is 5.91 Å². The van der Waals surface area contributed by atoms with Crippen LogP contribution in [0.3, 0.4) is 0 Å². The average molecular weight is 508 g/mol. The molecule has 3 fully saturated rings. The van der Waals surface area contributed by atoms with E-state index >= 15 is 4.39 Å². The predicted molar refractivity (Wildman–Crippen MR) is 126 cm³/mol. The van der Waals surface area contributed by atoms with Crippen LogP contribution in [-0.4, -0.2) is 131 Å². The minimum Gasteiger partial charge on any atom is -0.381 e. The maximum atomic E-state index is 15.2. The largest absolute Gasteiger partial charge is 0.381 e. The highest BCUT2D eigenvalue weighted by molar-refractivity contribution is 6.04. The number of carbonyl (C=O) groups excluding carboxylic acids is 2. The minimum atomic E-state index is -1.22. The Morgan fingerprint density at radius 3 is 2.75 bits per heavy atom. The molecule has 3 aliphatic heterocycles. The summed E-state index contributed by atoms with van der Waals surface area (Å²) in [6, 6.07) is -1.44. The van der Waals surface area contributed by atoms with Gasteiger partial charge in [-0.15, -0.1) is 5.10 Å². The van der Waals surface area contributed by atoms with Crippen molar-refractivity contribution in [1.29, 1.82) is 0 Å². The second kappa shape index (κ2) is 10.2. The van der Waals surface area contributed by atoms with Gasteiger partial charge in [0, 0.05) is 45.8 Å². The molecule has 12 nitrogen and oxygen atoms in total. The summed E-state index contributed by atoms with van der Waals surface area (Å²) in [5.74, 6) is -1.24. The van der Waals surface area contributed by atoms with E-state index < -0.39 is 30.0 Å². The first-order valence-corrected chi connectivity index (χ1v) is 12.1. The van der Waals surface area contributed by atoms with Crippen molar-refractivity contribution in [2.75, 3.05) is 71.8 Å². The van der Waals surface area contributed by atoms with E-state index in [1.165, 1.54) is 0 Å². The van der Waals surface area contributed by atoms with Crippen molar-refractivity contribution >= 4 is 23.3 Å². The topological polar surface area (TPSA) is 133 Å². The van der Waals surface area contributed by atoms with Crippen LogP contribution in [0.25, 0.3) is 5.65 Å².